The number of nitrogens with zero attached hydrogens (tertiary/aromatic N) is 1. The van der Waals surface area contributed by atoms with Gasteiger partial charge in [-0.15, -0.1) is 0 Å². The molecule has 0 aliphatic carbocycles. The number of carbonyl (C=O) groups excluding carboxylic acids is 3. The smallest absolute Gasteiger partial charge is 0.319 e. The number of amides is 3. The minimum atomic E-state index is -1.19. The maximum Gasteiger partial charge on any atom is 0.325 e. The second-order valence-electron chi connectivity index (χ2n) is 6.15. The Hall–Kier alpha value is -2.66. The number of benzene rings is 2. The van der Waals surface area contributed by atoms with Gasteiger partial charge in [0.05, 0.1) is 0 Å². The molecule has 0 radical (unpaired) electrons. The fourth-order valence-corrected chi connectivity index (χ4v) is 3.17. The van der Waals surface area contributed by atoms with Crippen LogP contribution in [0.1, 0.15) is 29.8 Å². The Morgan fingerprint density at radius 2 is 1.80 bits per heavy atom. The number of Topliss-reactive ketones (excluding diaryl/α,β-unsaturated/α-hetero) is 1. The van der Waals surface area contributed by atoms with Crippen molar-refractivity contribution < 1.29 is 14.4 Å². The van der Waals surface area contributed by atoms with E-state index in [1.165, 1.54) is 13.0 Å². The van der Waals surface area contributed by atoms with Gasteiger partial charge in [-0.25, -0.2) is 4.79 Å². The Balaban J connectivity index is 1.91. The van der Waals surface area contributed by atoms with Crippen molar-refractivity contribution in [3.8, 4) is 0 Å². The summed E-state index contributed by atoms with van der Waals surface area (Å²) < 4.78 is 0. The molecule has 0 bridgehead atoms. The van der Waals surface area contributed by atoms with E-state index in [0.29, 0.717) is 16.1 Å². The molecule has 2 aromatic carbocycles. The Morgan fingerprint density at radius 3 is 2.44 bits per heavy atom. The minimum absolute atomic E-state index is 0.344. The van der Waals surface area contributed by atoms with E-state index in [2.05, 4.69) is 5.32 Å². The van der Waals surface area contributed by atoms with E-state index in [9.17, 15) is 14.4 Å². The van der Waals surface area contributed by atoms with Gasteiger partial charge >= 0.3 is 6.03 Å². The molecule has 0 unspecified atom stereocenters. The number of hydrogen-bond acceptors (Lipinski definition) is 3. The Morgan fingerprint density at radius 1 is 1.12 bits per heavy atom. The number of imide groups is 1. The number of rotatable bonds is 4. The SMILES string of the molecule is C[C@@H](C(=O)c1cccc(Cl)c1)N1C(=O)N[C@](C)(c2ccccc2)C1=O. The fourth-order valence-electron chi connectivity index (χ4n) is 2.98. The van der Waals surface area contributed by atoms with Crippen LogP contribution in [0.4, 0.5) is 4.79 Å². The van der Waals surface area contributed by atoms with Crippen LogP contribution in [0.15, 0.2) is 54.6 Å². The summed E-state index contributed by atoms with van der Waals surface area (Å²) in [5.41, 5.74) is -0.173. The van der Waals surface area contributed by atoms with Crippen molar-refractivity contribution in [1.29, 1.82) is 0 Å². The van der Waals surface area contributed by atoms with E-state index in [0.717, 1.165) is 4.90 Å². The molecule has 0 aromatic heterocycles. The lowest BCUT2D eigenvalue weighted by Crippen LogP contribution is -2.45. The fraction of sp³-hybridized carbons (Fsp3) is 0.211. The molecule has 25 heavy (non-hydrogen) atoms. The first kappa shape index (κ1) is 17.2. The number of urea groups is 1. The molecule has 3 rings (SSSR count). The molecule has 2 atom stereocenters. The number of nitrogens with one attached hydrogen (secondary N) is 1. The van der Waals surface area contributed by atoms with Gasteiger partial charge in [-0.3, -0.25) is 14.5 Å². The van der Waals surface area contributed by atoms with Crippen LogP contribution < -0.4 is 5.32 Å². The summed E-state index contributed by atoms with van der Waals surface area (Å²) in [5, 5.41) is 3.12. The third-order valence-electron chi connectivity index (χ3n) is 4.45. The molecule has 1 heterocycles. The molecular weight excluding hydrogens is 340 g/mol. The van der Waals surface area contributed by atoms with E-state index in [1.807, 2.05) is 6.07 Å². The first-order valence-electron chi connectivity index (χ1n) is 7.85. The van der Waals surface area contributed by atoms with Gasteiger partial charge in [0, 0.05) is 10.6 Å². The van der Waals surface area contributed by atoms with Crippen molar-refractivity contribution in [2.24, 2.45) is 0 Å². The second-order valence-corrected chi connectivity index (χ2v) is 6.58. The largest absolute Gasteiger partial charge is 0.325 e. The standard InChI is InChI=1S/C19H17ClN2O3/c1-12(16(23)13-7-6-10-15(20)11-13)22-17(24)19(2,21-18(22)25)14-8-4-3-5-9-14/h3-12H,1-2H3,(H,21,25)/t12-,19+/m0/s1. The molecule has 6 heteroatoms. The quantitative estimate of drug-likeness (QED) is 0.674. The van der Waals surface area contributed by atoms with Crippen molar-refractivity contribution >= 4 is 29.3 Å². The number of ketones is 1. The third-order valence-corrected chi connectivity index (χ3v) is 4.68. The van der Waals surface area contributed by atoms with Crippen LogP contribution in [0.3, 0.4) is 0 Å². The van der Waals surface area contributed by atoms with Crippen LogP contribution in [0.25, 0.3) is 0 Å². The highest BCUT2D eigenvalue weighted by molar-refractivity contribution is 6.31. The van der Waals surface area contributed by atoms with Crippen molar-refractivity contribution in [2.45, 2.75) is 25.4 Å². The van der Waals surface area contributed by atoms with Gasteiger partial charge in [-0.1, -0.05) is 54.1 Å². The van der Waals surface area contributed by atoms with Crippen LogP contribution in [0.2, 0.25) is 5.02 Å². The van der Waals surface area contributed by atoms with E-state index in [-0.39, 0.29) is 5.78 Å². The van der Waals surface area contributed by atoms with Crippen molar-refractivity contribution in [3.63, 3.8) is 0 Å². The zero-order valence-corrected chi connectivity index (χ0v) is 14.6. The molecular formula is C19H17ClN2O3. The van der Waals surface area contributed by atoms with E-state index < -0.39 is 23.5 Å². The van der Waals surface area contributed by atoms with Crippen LogP contribution >= 0.6 is 11.6 Å². The highest BCUT2D eigenvalue weighted by Crippen LogP contribution is 2.30. The lowest BCUT2D eigenvalue weighted by molar-refractivity contribution is -0.131. The summed E-state index contributed by atoms with van der Waals surface area (Å²) in [5.74, 6) is -0.796. The summed E-state index contributed by atoms with van der Waals surface area (Å²) in [6, 6.07) is 13.9. The zero-order valence-electron chi connectivity index (χ0n) is 13.8. The van der Waals surface area contributed by atoms with Crippen LogP contribution in [0.5, 0.6) is 0 Å². The van der Waals surface area contributed by atoms with Crippen LogP contribution in [-0.4, -0.2) is 28.7 Å². The highest BCUT2D eigenvalue weighted by atomic mass is 35.5. The lowest BCUT2D eigenvalue weighted by atomic mass is 9.91. The normalized spacial score (nSPS) is 21.2. The second kappa shape index (κ2) is 6.33. The monoisotopic (exact) mass is 356 g/mol. The van der Waals surface area contributed by atoms with Gasteiger partial charge in [-0.2, -0.15) is 0 Å². The Labute approximate surface area is 150 Å². The summed E-state index contributed by atoms with van der Waals surface area (Å²) in [6.07, 6.45) is 0. The molecule has 5 nitrogen and oxygen atoms in total. The summed E-state index contributed by atoms with van der Waals surface area (Å²) in [7, 11) is 0. The molecule has 1 N–H and O–H groups in total. The van der Waals surface area contributed by atoms with Gasteiger partial charge in [0.15, 0.2) is 5.78 Å². The highest BCUT2D eigenvalue weighted by Gasteiger charge is 2.51. The van der Waals surface area contributed by atoms with Crippen molar-refractivity contribution in [1.82, 2.24) is 10.2 Å². The van der Waals surface area contributed by atoms with Crippen LogP contribution in [-0.2, 0) is 10.3 Å². The van der Waals surface area contributed by atoms with E-state index >= 15 is 0 Å². The van der Waals surface area contributed by atoms with E-state index in [1.54, 1.807) is 49.4 Å². The van der Waals surface area contributed by atoms with Crippen LogP contribution in [0, 0.1) is 0 Å². The van der Waals surface area contributed by atoms with Gasteiger partial charge in [0.1, 0.15) is 11.6 Å². The molecule has 0 spiro atoms. The van der Waals surface area contributed by atoms with Gasteiger partial charge < -0.3 is 5.32 Å². The number of halogens is 1. The molecule has 1 aliphatic heterocycles. The summed E-state index contributed by atoms with van der Waals surface area (Å²) >= 11 is 5.92. The average molecular weight is 357 g/mol. The van der Waals surface area contributed by atoms with Gasteiger partial charge in [0.2, 0.25) is 0 Å². The molecule has 128 valence electrons. The predicted octanol–water partition coefficient (Wildman–Crippen LogP) is 3.38. The third kappa shape index (κ3) is 2.91. The summed E-state index contributed by atoms with van der Waals surface area (Å²) in [6.45, 7) is 3.18. The minimum Gasteiger partial charge on any atom is -0.319 e. The maximum atomic E-state index is 12.9. The molecule has 1 saturated heterocycles. The Bertz CT molecular complexity index is 853. The first-order chi connectivity index (χ1) is 11.8. The maximum absolute atomic E-state index is 12.9. The number of carbonyl (C=O) groups is 3. The average Bonchev–Trinajstić information content (AvgIpc) is 2.84. The molecule has 3 amide bonds. The van der Waals surface area contributed by atoms with Gasteiger partial charge in [0.25, 0.3) is 5.91 Å². The number of hydrogen-bond donors (Lipinski definition) is 1. The topological polar surface area (TPSA) is 66.5 Å². The predicted molar refractivity (Wildman–Crippen MR) is 94.4 cm³/mol. The molecule has 2 aromatic rings. The molecule has 1 aliphatic rings. The van der Waals surface area contributed by atoms with Gasteiger partial charge in [-0.05, 0) is 31.5 Å². The molecule has 1 fully saturated rings. The first-order valence-corrected chi connectivity index (χ1v) is 8.23. The summed E-state index contributed by atoms with van der Waals surface area (Å²) in [4.78, 5) is 39.1. The van der Waals surface area contributed by atoms with Crippen molar-refractivity contribution in [3.05, 3.63) is 70.7 Å². The lowest BCUT2D eigenvalue weighted by Gasteiger charge is -2.24. The van der Waals surface area contributed by atoms with Crippen molar-refractivity contribution in [2.75, 3.05) is 0 Å². The zero-order chi connectivity index (χ0) is 18.2. The van der Waals surface area contributed by atoms with E-state index in [4.69, 9.17) is 11.6 Å². The Kier molecular flexibility index (Phi) is 4.35. The molecule has 0 saturated carbocycles.